The first-order valence-electron chi connectivity index (χ1n) is 6.89. The normalized spacial score (nSPS) is 16.4. The molecule has 2 heterocycles. The van der Waals surface area contributed by atoms with Crippen LogP contribution >= 0.6 is 0 Å². The van der Waals surface area contributed by atoms with Crippen LogP contribution in [0.15, 0.2) is 18.2 Å². The number of anilines is 1. The minimum atomic E-state index is -0.269. The standard InChI is InChI=1S/C14H21N3O2/c1-2-8-15-13-5-3-4-12(16-13)14(19)17-9-6-11(18)7-10-17/h3-5,11,18H,2,6-10H2,1H3,(H,15,16). The summed E-state index contributed by atoms with van der Waals surface area (Å²) < 4.78 is 0. The number of carbonyl (C=O) groups is 1. The largest absolute Gasteiger partial charge is 0.393 e. The molecule has 1 amide bonds. The first kappa shape index (κ1) is 13.8. The molecule has 104 valence electrons. The zero-order valence-electron chi connectivity index (χ0n) is 11.3. The minimum absolute atomic E-state index is 0.0490. The number of nitrogens with zero attached hydrogens (tertiary/aromatic N) is 2. The summed E-state index contributed by atoms with van der Waals surface area (Å²) >= 11 is 0. The molecule has 0 radical (unpaired) electrons. The maximum absolute atomic E-state index is 12.3. The highest BCUT2D eigenvalue weighted by atomic mass is 16.3. The smallest absolute Gasteiger partial charge is 0.272 e. The Kier molecular flexibility index (Phi) is 4.74. The molecule has 1 aliphatic rings. The maximum atomic E-state index is 12.3. The number of hydrogen-bond donors (Lipinski definition) is 2. The predicted octanol–water partition coefficient (Wildman–Crippen LogP) is 1.50. The Hall–Kier alpha value is -1.62. The van der Waals surface area contributed by atoms with Gasteiger partial charge >= 0.3 is 0 Å². The van der Waals surface area contributed by atoms with Gasteiger partial charge in [0.25, 0.3) is 5.91 Å². The van der Waals surface area contributed by atoms with Crippen molar-refractivity contribution in [2.24, 2.45) is 0 Å². The topological polar surface area (TPSA) is 65.5 Å². The second-order valence-corrected chi connectivity index (χ2v) is 4.86. The SMILES string of the molecule is CCCNc1cccc(C(=O)N2CCC(O)CC2)n1. The predicted molar refractivity (Wildman–Crippen MR) is 74.2 cm³/mol. The molecule has 0 aromatic carbocycles. The van der Waals surface area contributed by atoms with Gasteiger partial charge in [0.1, 0.15) is 11.5 Å². The fraction of sp³-hybridized carbons (Fsp3) is 0.571. The summed E-state index contributed by atoms with van der Waals surface area (Å²) in [7, 11) is 0. The fourth-order valence-corrected chi connectivity index (χ4v) is 2.14. The van der Waals surface area contributed by atoms with E-state index in [0.29, 0.717) is 31.6 Å². The Bertz CT molecular complexity index is 428. The number of carbonyl (C=O) groups excluding carboxylic acids is 1. The molecule has 1 aliphatic heterocycles. The molecule has 1 saturated heterocycles. The highest BCUT2D eigenvalue weighted by Crippen LogP contribution is 2.14. The molecule has 2 N–H and O–H groups in total. The number of amides is 1. The lowest BCUT2D eigenvalue weighted by Gasteiger charge is -2.29. The number of nitrogens with one attached hydrogen (secondary N) is 1. The van der Waals surface area contributed by atoms with Crippen LogP contribution < -0.4 is 5.32 Å². The molecular weight excluding hydrogens is 242 g/mol. The van der Waals surface area contributed by atoms with Crippen LogP contribution in [-0.4, -0.2) is 46.6 Å². The summed E-state index contributed by atoms with van der Waals surface area (Å²) in [6.07, 6.45) is 2.05. The Morgan fingerprint density at radius 3 is 2.89 bits per heavy atom. The second-order valence-electron chi connectivity index (χ2n) is 4.86. The van der Waals surface area contributed by atoms with Crippen LogP contribution in [0.25, 0.3) is 0 Å². The summed E-state index contributed by atoms with van der Waals surface area (Å²) in [6.45, 7) is 4.14. The third kappa shape index (κ3) is 3.67. The summed E-state index contributed by atoms with van der Waals surface area (Å²) in [5.41, 5.74) is 0.470. The Labute approximate surface area is 113 Å². The van der Waals surface area contributed by atoms with Gasteiger partial charge in [-0.25, -0.2) is 4.98 Å². The van der Waals surface area contributed by atoms with Gasteiger partial charge in [-0.1, -0.05) is 13.0 Å². The van der Waals surface area contributed by atoms with Crippen LogP contribution in [0.4, 0.5) is 5.82 Å². The van der Waals surface area contributed by atoms with E-state index in [0.717, 1.165) is 18.8 Å². The van der Waals surface area contributed by atoms with Gasteiger partial charge < -0.3 is 15.3 Å². The van der Waals surface area contributed by atoms with Crippen molar-refractivity contribution >= 4 is 11.7 Å². The maximum Gasteiger partial charge on any atom is 0.272 e. The van der Waals surface area contributed by atoms with E-state index in [1.165, 1.54) is 0 Å². The van der Waals surface area contributed by atoms with Crippen LogP contribution in [0.5, 0.6) is 0 Å². The van der Waals surface area contributed by atoms with Gasteiger partial charge in [-0.3, -0.25) is 4.79 Å². The first-order valence-corrected chi connectivity index (χ1v) is 6.89. The lowest BCUT2D eigenvalue weighted by molar-refractivity contribution is 0.0541. The van der Waals surface area contributed by atoms with Gasteiger partial charge in [0.05, 0.1) is 6.10 Å². The van der Waals surface area contributed by atoms with Crippen molar-refractivity contribution in [1.82, 2.24) is 9.88 Å². The lowest BCUT2D eigenvalue weighted by atomic mass is 10.1. The zero-order chi connectivity index (χ0) is 13.7. The number of rotatable bonds is 4. The molecule has 1 fully saturated rings. The van der Waals surface area contributed by atoms with Crippen LogP contribution in [0.1, 0.15) is 36.7 Å². The van der Waals surface area contributed by atoms with Gasteiger partial charge in [0, 0.05) is 19.6 Å². The molecule has 0 saturated carbocycles. The number of aromatic nitrogens is 1. The molecule has 1 aromatic rings. The van der Waals surface area contributed by atoms with Gasteiger partial charge in [-0.2, -0.15) is 0 Å². The van der Waals surface area contributed by atoms with Crippen LogP contribution in [0.3, 0.4) is 0 Å². The Morgan fingerprint density at radius 2 is 2.21 bits per heavy atom. The molecule has 5 nitrogen and oxygen atoms in total. The van der Waals surface area contributed by atoms with E-state index in [1.807, 2.05) is 12.1 Å². The van der Waals surface area contributed by atoms with E-state index in [4.69, 9.17) is 0 Å². The highest BCUT2D eigenvalue weighted by molar-refractivity contribution is 5.92. The van der Waals surface area contributed by atoms with Crippen LogP contribution in [-0.2, 0) is 0 Å². The van der Waals surface area contributed by atoms with Gasteiger partial charge in [0.2, 0.25) is 0 Å². The van der Waals surface area contributed by atoms with E-state index in [-0.39, 0.29) is 12.0 Å². The van der Waals surface area contributed by atoms with Crippen molar-refractivity contribution in [3.05, 3.63) is 23.9 Å². The van der Waals surface area contributed by atoms with Crippen LogP contribution in [0.2, 0.25) is 0 Å². The molecule has 0 bridgehead atoms. The minimum Gasteiger partial charge on any atom is -0.393 e. The molecule has 0 spiro atoms. The average Bonchev–Trinajstić information content (AvgIpc) is 2.45. The quantitative estimate of drug-likeness (QED) is 0.864. The molecule has 1 aromatic heterocycles. The third-order valence-corrected chi connectivity index (χ3v) is 3.28. The Morgan fingerprint density at radius 1 is 1.47 bits per heavy atom. The van der Waals surface area contributed by atoms with E-state index in [2.05, 4.69) is 17.2 Å². The number of likely N-dealkylation sites (tertiary alicyclic amines) is 1. The molecule has 5 heteroatoms. The van der Waals surface area contributed by atoms with Gasteiger partial charge in [-0.05, 0) is 31.4 Å². The van der Waals surface area contributed by atoms with E-state index in [9.17, 15) is 9.90 Å². The monoisotopic (exact) mass is 263 g/mol. The summed E-state index contributed by atoms with van der Waals surface area (Å²) in [4.78, 5) is 18.4. The fourth-order valence-electron chi connectivity index (χ4n) is 2.14. The van der Waals surface area contributed by atoms with Crippen molar-refractivity contribution in [2.75, 3.05) is 25.0 Å². The molecule has 2 rings (SSSR count). The Balaban J connectivity index is 2.02. The molecular formula is C14H21N3O2. The number of hydrogen-bond acceptors (Lipinski definition) is 4. The van der Waals surface area contributed by atoms with Crippen molar-refractivity contribution in [1.29, 1.82) is 0 Å². The lowest BCUT2D eigenvalue weighted by Crippen LogP contribution is -2.40. The number of piperidine rings is 1. The van der Waals surface area contributed by atoms with E-state index < -0.39 is 0 Å². The highest BCUT2D eigenvalue weighted by Gasteiger charge is 2.23. The van der Waals surface area contributed by atoms with E-state index >= 15 is 0 Å². The first-order chi connectivity index (χ1) is 9.20. The van der Waals surface area contributed by atoms with Gasteiger partial charge in [-0.15, -0.1) is 0 Å². The average molecular weight is 263 g/mol. The van der Waals surface area contributed by atoms with E-state index in [1.54, 1.807) is 11.0 Å². The number of pyridine rings is 1. The third-order valence-electron chi connectivity index (χ3n) is 3.28. The van der Waals surface area contributed by atoms with Crippen molar-refractivity contribution in [3.8, 4) is 0 Å². The summed E-state index contributed by atoms with van der Waals surface area (Å²) in [6, 6.07) is 5.45. The van der Waals surface area contributed by atoms with Gasteiger partial charge in [0.15, 0.2) is 0 Å². The van der Waals surface area contributed by atoms with Crippen molar-refractivity contribution < 1.29 is 9.90 Å². The van der Waals surface area contributed by atoms with Crippen molar-refractivity contribution in [3.63, 3.8) is 0 Å². The van der Waals surface area contributed by atoms with Crippen molar-refractivity contribution in [2.45, 2.75) is 32.3 Å². The molecule has 0 atom stereocenters. The van der Waals surface area contributed by atoms with Crippen LogP contribution in [0, 0.1) is 0 Å². The number of aliphatic hydroxyl groups excluding tert-OH is 1. The molecule has 0 aliphatic carbocycles. The second kappa shape index (κ2) is 6.52. The molecule has 19 heavy (non-hydrogen) atoms. The number of aliphatic hydroxyl groups is 1. The summed E-state index contributed by atoms with van der Waals surface area (Å²) in [5.74, 6) is 0.691. The zero-order valence-corrected chi connectivity index (χ0v) is 11.3. The molecule has 0 unspecified atom stereocenters. The summed E-state index contributed by atoms with van der Waals surface area (Å²) in [5, 5.41) is 12.6.